The molecule has 1 saturated heterocycles. The molecule has 1 aliphatic rings. The van der Waals surface area contributed by atoms with Crippen molar-refractivity contribution in [3.63, 3.8) is 0 Å². The Hall–Kier alpha value is -3.13. The van der Waals surface area contributed by atoms with E-state index >= 15 is 0 Å². The van der Waals surface area contributed by atoms with E-state index in [1.54, 1.807) is 35.2 Å². The lowest BCUT2D eigenvalue weighted by molar-refractivity contribution is -0.125. The molecular weight excluding hydrogens is 450 g/mol. The summed E-state index contributed by atoms with van der Waals surface area (Å²) in [5.41, 5.74) is 1.98. The number of nitrogens with one attached hydrogen (secondary N) is 2. The summed E-state index contributed by atoms with van der Waals surface area (Å²) in [6, 6.07) is 7.17. The van der Waals surface area contributed by atoms with Crippen LogP contribution in [0.3, 0.4) is 0 Å². The molecule has 1 atom stereocenters. The number of carbonyl (C=O) groups excluding carboxylic acids is 4. The summed E-state index contributed by atoms with van der Waals surface area (Å²) in [4.78, 5) is 51.5. The maximum Gasteiger partial charge on any atom is 0.262 e. The lowest BCUT2D eigenvalue weighted by atomic mass is 10.1. The first-order valence-corrected chi connectivity index (χ1v) is 10.9. The van der Waals surface area contributed by atoms with Gasteiger partial charge in [-0.3, -0.25) is 19.2 Å². The third-order valence-corrected chi connectivity index (χ3v) is 5.91. The van der Waals surface area contributed by atoms with Gasteiger partial charge < -0.3 is 20.3 Å². The van der Waals surface area contributed by atoms with Gasteiger partial charge in [0, 0.05) is 24.3 Å². The molecule has 1 unspecified atom stereocenters. The summed E-state index contributed by atoms with van der Waals surface area (Å²) in [5.74, 6) is 1.23. The highest BCUT2D eigenvalue weighted by atomic mass is 32.1. The number of hydrogen-bond donors (Lipinski definition) is 3. The van der Waals surface area contributed by atoms with Crippen LogP contribution in [0.4, 0.5) is 11.4 Å². The zero-order valence-electron chi connectivity index (χ0n) is 17.2. The summed E-state index contributed by atoms with van der Waals surface area (Å²) >= 11 is 4.85. The van der Waals surface area contributed by atoms with Crippen LogP contribution in [0.5, 0.6) is 0 Å². The van der Waals surface area contributed by atoms with E-state index in [9.17, 15) is 19.2 Å². The van der Waals surface area contributed by atoms with Crippen molar-refractivity contribution in [1.82, 2.24) is 5.32 Å². The van der Waals surface area contributed by atoms with Crippen molar-refractivity contribution >= 4 is 58.2 Å². The monoisotopic (exact) mass is 471 g/mol. The van der Waals surface area contributed by atoms with E-state index in [1.165, 1.54) is 0 Å². The number of nitrogens with zero attached hydrogens (tertiary/aromatic N) is 1. The lowest BCUT2D eigenvalue weighted by Gasteiger charge is -2.28. The first-order valence-electron chi connectivity index (χ1n) is 9.67. The van der Waals surface area contributed by atoms with Crippen LogP contribution in [0, 0.1) is 19.3 Å². The number of carbonyl (C=O) groups is 4. The largest absolute Gasteiger partial charge is 0.370 e. The van der Waals surface area contributed by atoms with Gasteiger partial charge in [-0.25, -0.2) is 0 Å². The van der Waals surface area contributed by atoms with Gasteiger partial charge in [-0.1, -0.05) is 5.92 Å². The molecule has 1 aromatic carbocycles. The number of terminal acetylenes is 1. The predicted molar refractivity (Wildman–Crippen MR) is 125 cm³/mol. The number of thiophene rings is 1. The number of hydrogen-bond acceptors (Lipinski definition) is 6. The minimum atomic E-state index is -1.12. The SMILES string of the molecule is C#Cc1ccc(C(=O)NC(CC(=O)S)C(=O)Nc2ccc(N3CCOCC3=O)c(C)c2)s1. The van der Waals surface area contributed by atoms with Gasteiger partial charge in [-0.2, -0.15) is 0 Å². The fourth-order valence-corrected chi connectivity index (χ4v) is 4.09. The Bertz CT molecular complexity index is 1110. The highest BCUT2D eigenvalue weighted by Crippen LogP contribution is 2.25. The highest BCUT2D eigenvalue weighted by molar-refractivity contribution is 7.96. The van der Waals surface area contributed by atoms with Crippen LogP contribution in [-0.4, -0.2) is 48.6 Å². The Morgan fingerprint density at radius 1 is 1.31 bits per heavy atom. The van der Waals surface area contributed by atoms with E-state index in [4.69, 9.17) is 11.2 Å². The lowest BCUT2D eigenvalue weighted by Crippen LogP contribution is -2.44. The number of anilines is 2. The Balaban J connectivity index is 1.72. The van der Waals surface area contributed by atoms with Gasteiger partial charge in [-0.15, -0.1) is 30.4 Å². The summed E-state index contributed by atoms with van der Waals surface area (Å²) < 4.78 is 5.15. The predicted octanol–water partition coefficient (Wildman–Crippen LogP) is 1.98. The normalized spacial score (nSPS) is 14.4. The number of rotatable bonds is 7. The van der Waals surface area contributed by atoms with Crippen molar-refractivity contribution in [2.45, 2.75) is 19.4 Å². The number of benzene rings is 1. The summed E-state index contributed by atoms with van der Waals surface area (Å²) in [5, 5.41) is 4.72. The molecule has 3 amide bonds. The molecule has 2 aromatic rings. The van der Waals surface area contributed by atoms with Crippen molar-refractivity contribution in [3.05, 3.63) is 45.6 Å². The molecular formula is C22H21N3O5S2. The maximum atomic E-state index is 12.8. The van der Waals surface area contributed by atoms with Crippen LogP contribution in [0.2, 0.25) is 0 Å². The van der Waals surface area contributed by atoms with E-state index in [1.807, 2.05) is 6.92 Å². The van der Waals surface area contributed by atoms with Crippen LogP contribution in [0.25, 0.3) is 0 Å². The molecule has 3 rings (SSSR count). The molecule has 8 nitrogen and oxygen atoms in total. The smallest absolute Gasteiger partial charge is 0.262 e. The fourth-order valence-electron chi connectivity index (χ4n) is 3.19. The van der Waals surface area contributed by atoms with Gasteiger partial charge in [0.1, 0.15) is 12.6 Å². The number of amides is 3. The molecule has 0 aliphatic carbocycles. The highest BCUT2D eigenvalue weighted by Gasteiger charge is 2.25. The molecule has 32 heavy (non-hydrogen) atoms. The molecule has 2 heterocycles. The van der Waals surface area contributed by atoms with Gasteiger partial charge in [-0.05, 0) is 42.8 Å². The quantitative estimate of drug-likeness (QED) is 0.423. The topological polar surface area (TPSA) is 105 Å². The molecule has 2 N–H and O–H groups in total. The summed E-state index contributed by atoms with van der Waals surface area (Å²) in [6.45, 7) is 2.76. The van der Waals surface area contributed by atoms with Crippen molar-refractivity contribution in [3.8, 4) is 12.3 Å². The van der Waals surface area contributed by atoms with E-state index in [2.05, 4.69) is 29.2 Å². The number of morpholine rings is 1. The average Bonchev–Trinajstić information content (AvgIpc) is 3.23. The van der Waals surface area contributed by atoms with E-state index in [0.29, 0.717) is 28.6 Å². The Morgan fingerprint density at radius 2 is 2.09 bits per heavy atom. The number of aryl methyl sites for hydroxylation is 1. The molecule has 1 aromatic heterocycles. The van der Waals surface area contributed by atoms with Gasteiger partial charge in [0.2, 0.25) is 5.91 Å². The zero-order valence-corrected chi connectivity index (χ0v) is 18.9. The van der Waals surface area contributed by atoms with Crippen molar-refractivity contribution in [2.24, 2.45) is 0 Å². The molecule has 0 bridgehead atoms. The molecule has 0 radical (unpaired) electrons. The zero-order chi connectivity index (χ0) is 23.3. The van der Waals surface area contributed by atoms with Crippen molar-refractivity contribution in [2.75, 3.05) is 30.0 Å². The molecule has 166 valence electrons. The second kappa shape index (κ2) is 10.5. The Kier molecular flexibility index (Phi) is 7.69. The van der Waals surface area contributed by atoms with Gasteiger partial charge in [0.25, 0.3) is 11.8 Å². The Morgan fingerprint density at radius 3 is 2.72 bits per heavy atom. The molecule has 1 aliphatic heterocycles. The van der Waals surface area contributed by atoms with E-state index < -0.39 is 23.0 Å². The van der Waals surface area contributed by atoms with Gasteiger partial charge >= 0.3 is 0 Å². The summed E-state index contributed by atoms with van der Waals surface area (Å²) in [6.07, 6.45) is 5.04. The van der Waals surface area contributed by atoms with E-state index in [0.717, 1.165) is 22.6 Å². The molecule has 1 fully saturated rings. The van der Waals surface area contributed by atoms with Gasteiger partial charge in [0.15, 0.2) is 5.12 Å². The number of ether oxygens (including phenoxy) is 1. The third kappa shape index (κ3) is 5.76. The second-order valence-corrected chi connectivity index (χ2v) is 8.60. The maximum absolute atomic E-state index is 12.8. The van der Waals surface area contributed by atoms with E-state index in [-0.39, 0.29) is 18.9 Å². The minimum absolute atomic E-state index is 0.0319. The van der Waals surface area contributed by atoms with Crippen molar-refractivity contribution < 1.29 is 23.9 Å². The van der Waals surface area contributed by atoms with Crippen LogP contribution in [0.15, 0.2) is 30.3 Å². The van der Waals surface area contributed by atoms with Crippen LogP contribution < -0.4 is 15.5 Å². The second-order valence-electron chi connectivity index (χ2n) is 7.02. The van der Waals surface area contributed by atoms with Crippen LogP contribution >= 0.6 is 24.0 Å². The molecule has 0 spiro atoms. The Labute approximate surface area is 194 Å². The van der Waals surface area contributed by atoms with Crippen LogP contribution in [0.1, 0.15) is 26.5 Å². The minimum Gasteiger partial charge on any atom is -0.370 e. The van der Waals surface area contributed by atoms with Gasteiger partial charge in [0.05, 0.1) is 16.4 Å². The van der Waals surface area contributed by atoms with Crippen molar-refractivity contribution in [1.29, 1.82) is 0 Å². The summed E-state index contributed by atoms with van der Waals surface area (Å²) in [7, 11) is 0. The average molecular weight is 472 g/mol. The van der Waals surface area contributed by atoms with Crippen LogP contribution in [-0.2, 0) is 19.1 Å². The molecule has 0 saturated carbocycles. The fraction of sp³-hybridized carbons (Fsp3) is 0.273. The first-order chi connectivity index (χ1) is 15.3. The number of thiol groups is 1. The first kappa shape index (κ1) is 23.5. The standard InChI is InChI=1S/C22H21N3O5S2/c1-3-15-5-7-18(32-15)22(29)24-16(11-20(27)31)21(28)23-14-4-6-17(13(2)10-14)25-8-9-30-12-19(25)26/h1,4-7,10,16H,8-9,11-12H2,2H3,(H,23,28)(H,24,29)(H,27,31). The third-order valence-electron chi connectivity index (χ3n) is 4.71. The molecule has 10 heteroatoms.